The number of anilines is 2. The topological polar surface area (TPSA) is 78.9 Å². The molecule has 0 radical (unpaired) electrons. The molecule has 0 fully saturated rings. The summed E-state index contributed by atoms with van der Waals surface area (Å²) in [5, 5.41) is 7.18. The number of aromatic amines is 1. The standard InChI is InChI=1S/C18H20N4O2/c1-11(10-23)21-16-8-12(4-5-15(16)19-2)14-9-22(3)18(24)17-13(14)6-7-20-17/h4-11,19-21H,1-3H3. The summed E-state index contributed by atoms with van der Waals surface area (Å²) >= 11 is 0. The van der Waals surface area contributed by atoms with Gasteiger partial charge in [-0.2, -0.15) is 0 Å². The fraction of sp³-hybridized carbons (Fsp3) is 0.222. The SMILES string of the molecule is CNc1ccc(-c2cn(C)c(=O)c3[nH]ccc23)cc1NC(C)C=O. The molecular weight excluding hydrogens is 304 g/mol. The smallest absolute Gasteiger partial charge is 0.274 e. The number of rotatable bonds is 5. The molecule has 0 aliphatic rings. The Morgan fingerprint density at radius 2 is 2.04 bits per heavy atom. The molecule has 24 heavy (non-hydrogen) atoms. The Morgan fingerprint density at radius 1 is 1.25 bits per heavy atom. The van der Waals surface area contributed by atoms with E-state index in [0.29, 0.717) is 5.52 Å². The van der Waals surface area contributed by atoms with Crippen molar-refractivity contribution in [2.45, 2.75) is 13.0 Å². The molecule has 1 unspecified atom stereocenters. The summed E-state index contributed by atoms with van der Waals surface area (Å²) in [5.41, 5.74) is 4.20. The predicted octanol–water partition coefficient (Wildman–Crippen LogP) is 2.57. The largest absolute Gasteiger partial charge is 0.386 e. The molecule has 3 N–H and O–H groups in total. The van der Waals surface area contributed by atoms with Gasteiger partial charge in [-0.3, -0.25) is 4.79 Å². The number of carbonyl (C=O) groups excluding carboxylic acids is 1. The molecule has 0 saturated carbocycles. The number of H-pyrrole nitrogens is 1. The number of aryl methyl sites for hydroxylation is 1. The Balaban J connectivity index is 2.18. The van der Waals surface area contributed by atoms with Crippen LogP contribution < -0.4 is 16.2 Å². The molecule has 2 heterocycles. The summed E-state index contributed by atoms with van der Waals surface area (Å²) in [6.07, 6.45) is 4.47. The number of nitrogens with one attached hydrogen (secondary N) is 3. The van der Waals surface area contributed by atoms with Crippen molar-refractivity contribution >= 4 is 28.6 Å². The van der Waals surface area contributed by atoms with Gasteiger partial charge in [0.25, 0.3) is 5.56 Å². The number of carbonyl (C=O) groups is 1. The molecule has 3 aromatic rings. The summed E-state index contributed by atoms with van der Waals surface area (Å²) in [4.78, 5) is 26.2. The fourth-order valence-corrected chi connectivity index (χ4v) is 2.83. The average Bonchev–Trinajstić information content (AvgIpc) is 3.08. The van der Waals surface area contributed by atoms with Gasteiger partial charge in [-0.15, -0.1) is 0 Å². The molecule has 1 aromatic carbocycles. The molecular formula is C18H20N4O2. The Labute approximate surface area is 139 Å². The van der Waals surface area contributed by atoms with Gasteiger partial charge in [0.15, 0.2) is 0 Å². The molecule has 0 amide bonds. The lowest BCUT2D eigenvalue weighted by atomic mass is 10.0. The zero-order valence-electron chi connectivity index (χ0n) is 13.9. The third-order valence-electron chi connectivity index (χ3n) is 4.08. The fourth-order valence-electron chi connectivity index (χ4n) is 2.83. The number of pyridine rings is 1. The zero-order valence-corrected chi connectivity index (χ0v) is 13.9. The normalized spacial score (nSPS) is 12.1. The summed E-state index contributed by atoms with van der Waals surface area (Å²) in [5.74, 6) is 0. The van der Waals surface area contributed by atoms with Crippen LogP contribution >= 0.6 is 0 Å². The first-order chi connectivity index (χ1) is 11.5. The molecule has 124 valence electrons. The van der Waals surface area contributed by atoms with Gasteiger partial charge in [-0.05, 0) is 30.7 Å². The minimum atomic E-state index is -0.292. The van der Waals surface area contributed by atoms with Crippen molar-refractivity contribution in [3.63, 3.8) is 0 Å². The van der Waals surface area contributed by atoms with Crippen LogP contribution in [0.4, 0.5) is 11.4 Å². The van der Waals surface area contributed by atoms with Gasteiger partial charge in [0.05, 0.1) is 17.4 Å². The monoisotopic (exact) mass is 324 g/mol. The van der Waals surface area contributed by atoms with Crippen LogP contribution in [0.3, 0.4) is 0 Å². The maximum atomic E-state index is 12.2. The van der Waals surface area contributed by atoms with Crippen LogP contribution in [0.1, 0.15) is 6.92 Å². The molecule has 6 nitrogen and oxygen atoms in total. The van der Waals surface area contributed by atoms with Gasteiger partial charge in [0, 0.05) is 37.4 Å². The van der Waals surface area contributed by atoms with Crippen LogP contribution in [0.2, 0.25) is 0 Å². The van der Waals surface area contributed by atoms with Gasteiger partial charge in [0.2, 0.25) is 0 Å². The molecule has 0 aliphatic heterocycles. The second-order valence-corrected chi connectivity index (χ2v) is 5.80. The predicted molar refractivity (Wildman–Crippen MR) is 97.7 cm³/mol. The molecule has 0 spiro atoms. The summed E-state index contributed by atoms with van der Waals surface area (Å²) in [6.45, 7) is 1.80. The Morgan fingerprint density at radius 3 is 2.75 bits per heavy atom. The van der Waals surface area contributed by atoms with Crippen molar-refractivity contribution in [2.24, 2.45) is 7.05 Å². The third kappa shape index (κ3) is 2.67. The molecule has 0 aliphatic carbocycles. The summed E-state index contributed by atoms with van der Waals surface area (Å²) in [7, 11) is 3.57. The van der Waals surface area contributed by atoms with Crippen LogP contribution in [0.5, 0.6) is 0 Å². The van der Waals surface area contributed by atoms with Gasteiger partial charge >= 0.3 is 0 Å². The second kappa shape index (κ2) is 6.23. The van der Waals surface area contributed by atoms with E-state index in [1.54, 1.807) is 24.7 Å². The molecule has 0 bridgehead atoms. The highest BCUT2D eigenvalue weighted by Gasteiger charge is 2.12. The number of aromatic nitrogens is 2. The van der Waals surface area contributed by atoms with Gasteiger partial charge in [-0.1, -0.05) is 6.07 Å². The van der Waals surface area contributed by atoms with Crippen LogP contribution in [0, 0.1) is 0 Å². The number of fused-ring (bicyclic) bond motifs is 1. The van der Waals surface area contributed by atoms with E-state index in [2.05, 4.69) is 15.6 Å². The highest BCUT2D eigenvalue weighted by Crippen LogP contribution is 2.32. The molecule has 3 rings (SSSR count). The van der Waals surface area contributed by atoms with Crippen LogP contribution in [-0.2, 0) is 11.8 Å². The molecule has 6 heteroatoms. The second-order valence-electron chi connectivity index (χ2n) is 5.80. The van der Waals surface area contributed by atoms with E-state index in [-0.39, 0.29) is 11.6 Å². The summed E-state index contributed by atoms with van der Waals surface area (Å²) in [6, 6.07) is 7.55. The lowest BCUT2D eigenvalue weighted by Gasteiger charge is -2.16. The molecule has 1 atom stereocenters. The lowest BCUT2D eigenvalue weighted by Crippen LogP contribution is -2.17. The number of hydrogen-bond acceptors (Lipinski definition) is 4. The average molecular weight is 324 g/mol. The molecule has 2 aromatic heterocycles. The van der Waals surface area contributed by atoms with Crippen LogP contribution in [0.15, 0.2) is 41.5 Å². The quantitative estimate of drug-likeness (QED) is 0.630. The minimum absolute atomic E-state index is 0.0569. The van der Waals surface area contributed by atoms with Crippen molar-refractivity contribution in [3.05, 3.63) is 47.0 Å². The van der Waals surface area contributed by atoms with E-state index < -0.39 is 0 Å². The minimum Gasteiger partial charge on any atom is -0.386 e. The van der Waals surface area contributed by atoms with Crippen LogP contribution in [-0.4, -0.2) is 28.9 Å². The maximum Gasteiger partial charge on any atom is 0.274 e. The van der Waals surface area contributed by atoms with Gasteiger partial charge in [0.1, 0.15) is 11.8 Å². The van der Waals surface area contributed by atoms with Crippen LogP contribution in [0.25, 0.3) is 22.0 Å². The number of hydrogen-bond donors (Lipinski definition) is 3. The van der Waals surface area contributed by atoms with E-state index in [9.17, 15) is 9.59 Å². The number of nitrogens with zero attached hydrogens (tertiary/aromatic N) is 1. The van der Waals surface area contributed by atoms with E-state index in [1.807, 2.05) is 37.5 Å². The molecule has 0 saturated heterocycles. The van der Waals surface area contributed by atoms with Crippen molar-refractivity contribution in [3.8, 4) is 11.1 Å². The van der Waals surface area contributed by atoms with Crippen molar-refractivity contribution in [2.75, 3.05) is 17.7 Å². The highest BCUT2D eigenvalue weighted by molar-refractivity contribution is 5.95. The Bertz CT molecular complexity index is 955. The number of aldehydes is 1. The van der Waals surface area contributed by atoms with E-state index in [0.717, 1.165) is 34.2 Å². The lowest BCUT2D eigenvalue weighted by molar-refractivity contribution is -0.108. The Kier molecular flexibility index (Phi) is 4.12. The van der Waals surface area contributed by atoms with Crippen molar-refractivity contribution < 1.29 is 4.79 Å². The van der Waals surface area contributed by atoms with E-state index in [1.165, 1.54) is 0 Å². The highest BCUT2D eigenvalue weighted by atomic mass is 16.1. The zero-order chi connectivity index (χ0) is 17.3. The van der Waals surface area contributed by atoms with Crippen molar-refractivity contribution in [1.29, 1.82) is 0 Å². The number of benzene rings is 1. The Hall–Kier alpha value is -3.02. The first-order valence-electron chi connectivity index (χ1n) is 7.76. The third-order valence-corrected chi connectivity index (χ3v) is 4.08. The van der Waals surface area contributed by atoms with Gasteiger partial charge < -0.3 is 25.0 Å². The van der Waals surface area contributed by atoms with E-state index >= 15 is 0 Å². The van der Waals surface area contributed by atoms with E-state index in [4.69, 9.17) is 0 Å². The first-order valence-corrected chi connectivity index (χ1v) is 7.76. The summed E-state index contributed by atoms with van der Waals surface area (Å²) < 4.78 is 1.57. The maximum absolute atomic E-state index is 12.2. The van der Waals surface area contributed by atoms with Crippen molar-refractivity contribution in [1.82, 2.24) is 9.55 Å². The van der Waals surface area contributed by atoms with Gasteiger partial charge in [-0.25, -0.2) is 0 Å². The first kappa shape index (κ1) is 15.9.